The second-order valence-corrected chi connectivity index (χ2v) is 4.40. The van der Waals surface area contributed by atoms with E-state index in [0.29, 0.717) is 12.8 Å². The number of aryl methyl sites for hydroxylation is 2. The summed E-state index contributed by atoms with van der Waals surface area (Å²) < 4.78 is 0. The first-order valence-electron chi connectivity index (χ1n) is 6.14. The lowest BCUT2D eigenvalue weighted by Gasteiger charge is -2.06. The van der Waals surface area contributed by atoms with Crippen LogP contribution in [0.4, 0.5) is 5.69 Å². The molecule has 1 aromatic carbocycles. The molecule has 2 rings (SSSR count). The molecule has 1 amide bonds. The fourth-order valence-corrected chi connectivity index (χ4v) is 1.77. The Balaban J connectivity index is 1.86. The van der Waals surface area contributed by atoms with E-state index in [9.17, 15) is 4.79 Å². The highest BCUT2D eigenvalue weighted by atomic mass is 16.3. The van der Waals surface area contributed by atoms with Crippen molar-refractivity contribution >= 4 is 11.6 Å². The normalized spacial score (nSPS) is 10.2. The van der Waals surface area contributed by atoms with Crippen LogP contribution in [0.5, 0.6) is 5.75 Å². The van der Waals surface area contributed by atoms with Gasteiger partial charge in [0.25, 0.3) is 0 Å². The van der Waals surface area contributed by atoms with Crippen molar-refractivity contribution in [1.82, 2.24) is 4.98 Å². The van der Waals surface area contributed by atoms with Crippen LogP contribution >= 0.6 is 0 Å². The second-order valence-electron chi connectivity index (χ2n) is 4.40. The second kappa shape index (κ2) is 6.00. The molecule has 2 N–H and O–H groups in total. The Hall–Kier alpha value is -2.36. The fourth-order valence-electron chi connectivity index (χ4n) is 1.77. The van der Waals surface area contributed by atoms with E-state index >= 15 is 0 Å². The maximum absolute atomic E-state index is 11.8. The molecule has 0 saturated heterocycles. The molecule has 0 radical (unpaired) electrons. The van der Waals surface area contributed by atoms with E-state index < -0.39 is 0 Å². The van der Waals surface area contributed by atoms with Gasteiger partial charge in [0.15, 0.2) is 0 Å². The molecule has 2 aromatic rings. The van der Waals surface area contributed by atoms with Gasteiger partial charge in [-0.25, -0.2) is 0 Å². The summed E-state index contributed by atoms with van der Waals surface area (Å²) >= 11 is 0. The Morgan fingerprint density at radius 2 is 2.00 bits per heavy atom. The summed E-state index contributed by atoms with van der Waals surface area (Å²) in [5.74, 6) is 0.208. The highest BCUT2D eigenvalue weighted by Gasteiger charge is 2.03. The van der Waals surface area contributed by atoms with Gasteiger partial charge in [-0.2, -0.15) is 0 Å². The molecule has 98 valence electrons. The lowest BCUT2D eigenvalue weighted by atomic mass is 10.1. The molecule has 0 fully saturated rings. The molecule has 0 aliphatic rings. The highest BCUT2D eigenvalue weighted by Crippen LogP contribution is 2.12. The number of nitrogens with zero attached hydrogens (tertiary/aromatic N) is 1. The van der Waals surface area contributed by atoms with E-state index in [-0.39, 0.29) is 11.7 Å². The van der Waals surface area contributed by atoms with E-state index in [0.717, 1.165) is 16.9 Å². The van der Waals surface area contributed by atoms with Crippen LogP contribution < -0.4 is 5.32 Å². The number of phenolic OH excluding ortho intramolecular Hbond substituents is 1. The quantitative estimate of drug-likeness (QED) is 0.884. The summed E-state index contributed by atoms with van der Waals surface area (Å²) in [6.07, 6.45) is 2.73. The number of anilines is 1. The Morgan fingerprint density at radius 3 is 2.68 bits per heavy atom. The van der Waals surface area contributed by atoms with Crippen molar-refractivity contribution in [2.75, 3.05) is 5.32 Å². The Morgan fingerprint density at radius 1 is 1.26 bits per heavy atom. The molecule has 1 heterocycles. The predicted octanol–water partition coefficient (Wildman–Crippen LogP) is 2.67. The molecule has 1 aromatic heterocycles. The van der Waals surface area contributed by atoms with Gasteiger partial charge in [-0.1, -0.05) is 12.1 Å². The molecule has 19 heavy (non-hydrogen) atoms. The van der Waals surface area contributed by atoms with Gasteiger partial charge in [-0.3, -0.25) is 9.78 Å². The maximum Gasteiger partial charge on any atom is 0.224 e. The fraction of sp³-hybridized carbons (Fsp3) is 0.200. The minimum absolute atomic E-state index is 0.0290. The lowest BCUT2D eigenvalue weighted by Crippen LogP contribution is -2.12. The third-order valence-electron chi connectivity index (χ3n) is 2.76. The van der Waals surface area contributed by atoms with Crippen LogP contribution in [0.15, 0.2) is 42.6 Å². The maximum atomic E-state index is 11.8. The van der Waals surface area contributed by atoms with Gasteiger partial charge < -0.3 is 10.4 Å². The van der Waals surface area contributed by atoms with Crippen molar-refractivity contribution in [3.63, 3.8) is 0 Å². The summed E-state index contributed by atoms with van der Waals surface area (Å²) in [5, 5.41) is 12.0. The van der Waals surface area contributed by atoms with E-state index in [1.165, 1.54) is 0 Å². The molecular weight excluding hydrogens is 240 g/mol. The molecule has 0 aliphatic heterocycles. The summed E-state index contributed by atoms with van der Waals surface area (Å²) in [6, 6.07) is 10.5. The van der Waals surface area contributed by atoms with Gasteiger partial charge in [-0.05, 0) is 43.2 Å². The van der Waals surface area contributed by atoms with Gasteiger partial charge in [0.2, 0.25) is 5.91 Å². The minimum Gasteiger partial charge on any atom is -0.508 e. The summed E-state index contributed by atoms with van der Waals surface area (Å²) in [7, 11) is 0. The van der Waals surface area contributed by atoms with Crippen LogP contribution in [0.25, 0.3) is 0 Å². The van der Waals surface area contributed by atoms with Crippen molar-refractivity contribution in [2.24, 2.45) is 0 Å². The minimum atomic E-state index is -0.0290. The third-order valence-corrected chi connectivity index (χ3v) is 2.76. The number of amides is 1. The molecule has 4 nitrogen and oxygen atoms in total. The molecule has 0 aliphatic carbocycles. The van der Waals surface area contributed by atoms with Gasteiger partial charge in [0, 0.05) is 24.0 Å². The van der Waals surface area contributed by atoms with Gasteiger partial charge in [-0.15, -0.1) is 0 Å². The van der Waals surface area contributed by atoms with Crippen LogP contribution in [0.1, 0.15) is 17.7 Å². The van der Waals surface area contributed by atoms with Crippen molar-refractivity contribution in [3.05, 3.63) is 53.9 Å². The molecular formula is C15H16N2O2. The number of nitrogens with one attached hydrogen (secondary N) is 1. The molecule has 4 heteroatoms. The summed E-state index contributed by atoms with van der Waals surface area (Å²) in [6.45, 7) is 1.88. The SMILES string of the molecule is Cc1cc(NC(=O)CCc2ccc(O)cc2)ccn1. The van der Waals surface area contributed by atoms with Crippen molar-refractivity contribution in [3.8, 4) is 5.75 Å². The molecule has 0 bridgehead atoms. The largest absolute Gasteiger partial charge is 0.508 e. The zero-order valence-electron chi connectivity index (χ0n) is 10.8. The highest BCUT2D eigenvalue weighted by molar-refractivity contribution is 5.90. The van der Waals surface area contributed by atoms with Gasteiger partial charge in [0.1, 0.15) is 5.75 Å². The number of carbonyl (C=O) groups is 1. The average Bonchev–Trinajstić information content (AvgIpc) is 2.38. The van der Waals surface area contributed by atoms with Crippen molar-refractivity contribution < 1.29 is 9.90 Å². The predicted molar refractivity (Wildman–Crippen MR) is 74.0 cm³/mol. The number of rotatable bonds is 4. The molecule has 0 saturated carbocycles. The van der Waals surface area contributed by atoms with Crippen LogP contribution in [-0.4, -0.2) is 16.0 Å². The van der Waals surface area contributed by atoms with Gasteiger partial charge in [0.05, 0.1) is 0 Å². The zero-order chi connectivity index (χ0) is 13.7. The van der Waals surface area contributed by atoms with E-state index in [2.05, 4.69) is 10.3 Å². The lowest BCUT2D eigenvalue weighted by molar-refractivity contribution is -0.116. The Labute approximate surface area is 112 Å². The molecule has 0 atom stereocenters. The number of aromatic hydroxyl groups is 1. The van der Waals surface area contributed by atoms with Crippen LogP contribution in [0.3, 0.4) is 0 Å². The molecule has 0 spiro atoms. The first kappa shape index (κ1) is 13.1. The number of phenols is 1. The summed E-state index contributed by atoms with van der Waals surface area (Å²) in [4.78, 5) is 15.9. The number of carbonyl (C=O) groups excluding carboxylic acids is 1. The zero-order valence-corrected chi connectivity index (χ0v) is 10.8. The van der Waals surface area contributed by atoms with E-state index in [4.69, 9.17) is 5.11 Å². The number of benzene rings is 1. The number of pyridine rings is 1. The Kier molecular flexibility index (Phi) is 4.13. The standard InChI is InChI=1S/C15H16N2O2/c1-11-10-13(8-9-16-11)17-15(19)7-4-12-2-5-14(18)6-3-12/h2-3,5-6,8-10,18H,4,7H2,1H3,(H,16,17,19). The first-order valence-corrected chi connectivity index (χ1v) is 6.14. The van der Waals surface area contributed by atoms with Crippen LogP contribution in [0.2, 0.25) is 0 Å². The first-order chi connectivity index (χ1) is 9.13. The average molecular weight is 256 g/mol. The van der Waals surface area contributed by atoms with Crippen molar-refractivity contribution in [1.29, 1.82) is 0 Å². The van der Waals surface area contributed by atoms with Crippen molar-refractivity contribution in [2.45, 2.75) is 19.8 Å². The topological polar surface area (TPSA) is 62.2 Å². The van der Waals surface area contributed by atoms with Crippen LogP contribution in [0, 0.1) is 6.92 Å². The third kappa shape index (κ3) is 4.10. The number of hydrogen-bond donors (Lipinski definition) is 2. The summed E-state index contributed by atoms with van der Waals surface area (Å²) in [5.41, 5.74) is 2.67. The Bertz CT molecular complexity index is 565. The number of hydrogen-bond acceptors (Lipinski definition) is 3. The van der Waals surface area contributed by atoms with E-state index in [1.807, 2.05) is 25.1 Å². The monoisotopic (exact) mass is 256 g/mol. The van der Waals surface area contributed by atoms with Gasteiger partial charge >= 0.3 is 0 Å². The van der Waals surface area contributed by atoms with Crippen LogP contribution in [-0.2, 0) is 11.2 Å². The van der Waals surface area contributed by atoms with E-state index in [1.54, 1.807) is 24.4 Å². The molecule has 0 unspecified atom stereocenters. The smallest absolute Gasteiger partial charge is 0.224 e. The number of aromatic nitrogens is 1.